The van der Waals surface area contributed by atoms with E-state index in [-0.39, 0.29) is 18.4 Å². The minimum atomic E-state index is -0.801. The van der Waals surface area contributed by atoms with E-state index < -0.39 is 12.1 Å². The Labute approximate surface area is 203 Å². The predicted molar refractivity (Wildman–Crippen MR) is 134 cm³/mol. The smallest absolute Gasteiger partial charge is 0.303 e. The van der Waals surface area contributed by atoms with Gasteiger partial charge in [0.1, 0.15) is 11.9 Å². The molecule has 0 saturated carbocycles. The molecule has 7 nitrogen and oxygen atoms in total. The van der Waals surface area contributed by atoms with Crippen molar-refractivity contribution in [2.24, 2.45) is 0 Å². The van der Waals surface area contributed by atoms with E-state index in [1.165, 1.54) is 0 Å². The molecular formula is C28H29N3O4. The van der Waals surface area contributed by atoms with Crippen LogP contribution in [0.15, 0.2) is 78.9 Å². The largest absolute Gasteiger partial charge is 0.481 e. The molecule has 35 heavy (non-hydrogen) atoms. The van der Waals surface area contributed by atoms with Gasteiger partial charge in [0, 0.05) is 12.0 Å². The fraction of sp³-hybridized carbons (Fsp3) is 0.250. The predicted octanol–water partition coefficient (Wildman–Crippen LogP) is 5.15. The molecule has 2 atom stereocenters. The van der Waals surface area contributed by atoms with Gasteiger partial charge in [0.25, 0.3) is 5.91 Å². The number of benzene rings is 3. The molecule has 0 bridgehead atoms. The molecule has 1 aromatic heterocycles. The van der Waals surface area contributed by atoms with E-state index in [4.69, 9.17) is 10.1 Å². The van der Waals surface area contributed by atoms with E-state index in [0.29, 0.717) is 29.7 Å². The molecule has 0 spiro atoms. The highest BCUT2D eigenvalue weighted by atomic mass is 16.4. The fourth-order valence-corrected chi connectivity index (χ4v) is 4.12. The van der Waals surface area contributed by atoms with Crippen LogP contribution in [0.3, 0.4) is 0 Å². The van der Waals surface area contributed by atoms with Crippen LogP contribution < -0.4 is 5.32 Å². The number of carbonyl (C=O) groups excluding carboxylic acids is 1. The summed E-state index contributed by atoms with van der Waals surface area (Å²) in [4.78, 5) is 31.7. The number of imidazole rings is 1. The molecule has 0 aliphatic heterocycles. The maximum absolute atomic E-state index is 12.9. The Hall–Kier alpha value is -3.97. The minimum Gasteiger partial charge on any atom is -0.481 e. The molecule has 1 heterocycles. The molecule has 0 aliphatic rings. The lowest BCUT2D eigenvalue weighted by Crippen LogP contribution is -2.29. The summed E-state index contributed by atoms with van der Waals surface area (Å²) in [5.41, 5.74) is 3.62. The van der Waals surface area contributed by atoms with Crippen LogP contribution in [0, 0.1) is 0 Å². The number of nitrogens with one attached hydrogen (secondary N) is 2. The summed E-state index contributed by atoms with van der Waals surface area (Å²) < 4.78 is 0. The summed E-state index contributed by atoms with van der Waals surface area (Å²) in [6.45, 7) is 0. The lowest BCUT2D eigenvalue weighted by atomic mass is 10.0. The third-order valence-corrected chi connectivity index (χ3v) is 6.01. The zero-order valence-corrected chi connectivity index (χ0v) is 19.4. The molecule has 4 rings (SSSR count). The van der Waals surface area contributed by atoms with E-state index in [9.17, 15) is 14.7 Å². The van der Waals surface area contributed by atoms with Crippen molar-refractivity contribution in [1.29, 1.82) is 0 Å². The third kappa shape index (κ3) is 6.33. The zero-order chi connectivity index (χ0) is 24.6. The Balaban J connectivity index is 1.54. The van der Waals surface area contributed by atoms with Crippen LogP contribution in [0.5, 0.6) is 0 Å². The van der Waals surface area contributed by atoms with Crippen molar-refractivity contribution >= 4 is 22.9 Å². The maximum atomic E-state index is 12.9. The first kappa shape index (κ1) is 24.2. The standard InChI is InChI=1S/C28H29N3O4/c32-25(33)15-9-3-8-14-23(31-28(35)20-12-6-2-7-13-20)27-29-22-17-16-21(18-24(22)30-27)26(34)19-10-4-1-5-11-19/h1-2,4-7,10-13,16-18,23,26,34H,3,8-9,14-15H2,(H,29,30)(H,31,35)(H,32,33)/t23-,26?/m0/s1. The number of aromatic amines is 1. The Bertz CT molecular complexity index is 1270. The summed E-state index contributed by atoms with van der Waals surface area (Å²) in [6.07, 6.45) is 2.09. The van der Waals surface area contributed by atoms with Crippen molar-refractivity contribution in [2.75, 3.05) is 0 Å². The van der Waals surface area contributed by atoms with Crippen LogP contribution >= 0.6 is 0 Å². The van der Waals surface area contributed by atoms with E-state index in [1.54, 1.807) is 12.1 Å². The fourth-order valence-electron chi connectivity index (χ4n) is 4.12. The number of hydrogen-bond donors (Lipinski definition) is 4. The molecule has 180 valence electrons. The average Bonchev–Trinajstić information content (AvgIpc) is 3.31. The topological polar surface area (TPSA) is 115 Å². The van der Waals surface area contributed by atoms with Crippen LogP contribution in [0.4, 0.5) is 0 Å². The molecule has 1 amide bonds. The van der Waals surface area contributed by atoms with Crippen molar-refractivity contribution < 1.29 is 19.8 Å². The van der Waals surface area contributed by atoms with Gasteiger partial charge in [-0.05, 0) is 48.2 Å². The molecule has 4 N–H and O–H groups in total. The maximum Gasteiger partial charge on any atom is 0.303 e. The van der Waals surface area contributed by atoms with Gasteiger partial charge in [0.15, 0.2) is 0 Å². The Morgan fingerprint density at radius 1 is 0.886 bits per heavy atom. The number of H-pyrrole nitrogens is 1. The van der Waals surface area contributed by atoms with Gasteiger partial charge in [0.05, 0.1) is 17.1 Å². The molecule has 3 aromatic carbocycles. The number of carbonyl (C=O) groups is 2. The first-order chi connectivity index (χ1) is 17.0. The summed E-state index contributed by atoms with van der Waals surface area (Å²) in [5.74, 6) is -0.361. The number of amides is 1. The van der Waals surface area contributed by atoms with Gasteiger partial charge in [-0.1, -0.05) is 67.4 Å². The van der Waals surface area contributed by atoms with E-state index in [2.05, 4.69) is 10.3 Å². The van der Waals surface area contributed by atoms with Gasteiger partial charge in [0.2, 0.25) is 0 Å². The minimum absolute atomic E-state index is 0.137. The first-order valence-electron chi connectivity index (χ1n) is 11.8. The van der Waals surface area contributed by atoms with Gasteiger partial charge in [-0.2, -0.15) is 0 Å². The summed E-state index contributed by atoms with van der Waals surface area (Å²) in [5, 5.41) is 22.7. The second kappa shape index (κ2) is 11.4. The third-order valence-electron chi connectivity index (χ3n) is 6.01. The van der Waals surface area contributed by atoms with Crippen molar-refractivity contribution in [1.82, 2.24) is 15.3 Å². The Kier molecular flexibility index (Phi) is 7.90. The molecule has 1 unspecified atom stereocenters. The number of nitrogens with zero attached hydrogens (tertiary/aromatic N) is 1. The molecule has 7 heteroatoms. The SMILES string of the molecule is O=C(O)CCCCC[C@H](NC(=O)c1ccccc1)c1nc2cc(C(O)c3ccccc3)ccc2[nH]1. The number of carboxylic acid groups (broad SMARTS) is 1. The van der Waals surface area contributed by atoms with Crippen LogP contribution in [0.25, 0.3) is 11.0 Å². The Morgan fingerprint density at radius 3 is 2.31 bits per heavy atom. The normalized spacial score (nSPS) is 12.8. The van der Waals surface area contributed by atoms with Gasteiger partial charge in [-0.15, -0.1) is 0 Å². The highest BCUT2D eigenvalue weighted by molar-refractivity contribution is 5.94. The molecular weight excluding hydrogens is 442 g/mol. The quantitative estimate of drug-likeness (QED) is 0.226. The molecule has 0 radical (unpaired) electrons. The number of aliphatic hydroxyl groups excluding tert-OH is 1. The number of aliphatic hydroxyl groups is 1. The number of unbranched alkanes of at least 4 members (excludes halogenated alkanes) is 2. The molecule has 0 fully saturated rings. The summed E-state index contributed by atoms with van der Waals surface area (Å²) in [6, 6.07) is 23.7. The average molecular weight is 472 g/mol. The van der Waals surface area contributed by atoms with Crippen LogP contribution in [0.1, 0.15) is 71.6 Å². The van der Waals surface area contributed by atoms with E-state index >= 15 is 0 Å². The van der Waals surface area contributed by atoms with Crippen LogP contribution in [-0.4, -0.2) is 32.1 Å². The second-order valence-electron chi connectivity index (χ2n) is 8.60. The van der Waals surface area contributed by atoms with Crippen molar-refractivity contribution in [3.63, 3.8) is 0 Å². The van der Waals surface area contributed by atoms with Crippen molar-refractivity contribution in [3.8, 4) is 0 Å². The molecule has 4 aromatic rings. The molecule has 0 aliphatic carbocycles. The number of fused-ring (bicyclic) bond motifs is 1. The number of hydrogen-bond acceptors (Lipinski definition) is 4. The second-order valence-corrected chi connectivity index (χ2v) is 8.60. The van der Waals surface area contributed by atoms with Gasteiger partial charge in [-0.3, -0.25) is 9.59 Å². The summed E-state index contributed by atoms with van der Waals surface area (Å²) >= 11 is 0. The van der Waals surface area contributed by atoms with Crippen LogP contribution in [-0.2, 0) is 4.79 Å². The highest BCUT2D eigenvalue weighted by Gasteiger charge is 2.20. The Morgan fingerprint density at radius 2 is 1.60 bits per heavy atom. The van der Waals surface area contributed by atoms with E-state index in [0.717, 1.165) is 29.5 Å². The zero-order valence-electron chi connectivity index (χ0n) is 19.4. The van der Waals surface area contributed by atoms with Crippen molar-refractivity contribution in [3.05, 3.63) is 101 Å². The first-order valence-corrected chi connectivity index (χ1v) is 11.8. The number of aliphatic carboxylic acids is 1. The lowest BCUT2D eigenvalue weighted by Gasteiger charge is -2.17. The molecule has 0 saturated heterocycles. The van der Waals surface area contributed by atoms with Crippen molar-refractivity contribution in [2.45, 2.75) is 44.2 Å². The number of aromatic nitrogens is 2. The van der Waals surface area contributed by atoms with Gasteiger partial charge >= 0.3 is 5.97 Å². The monoisotopic (exact) mass is 471 g/mol. The van der Waals surface area contributed by atoms with Gasteiger partial charge < -0.3 is 20.5 Å². The lowest BCUT2D eigenvalue weighted by molar-refractivity contribution is -0.137. The summed E-state index contributed by atoms with van der Waals surface area (Å²) in [7, 11) is 0. The highest BCUT2D eigenvalue weighted by Crippen LogP contribution is 2.27. The van der Waals surface area contributed by atoms with E-state index in [1.807, 2.05) is 66.7 Å². The van der Waals surface area contributed by atoms with Crippen LogP contribution in [0.2, 0.25) is 0 Å². The van der Waals surface area contributed by atoms with Gasteiger partial charge in [-0.25, -0.2) is 4.98 Å². The number of carboxylic acids is 1. The number of rotatable bonds is 11.